The summed E-state index contributed by atoms with van der Waals surface area (Å²) in [4.78, 5) is 0. The van der Waals surface area contributed by atoms with Crippen LogP contribution in [0, 0.1) is 5.92 Å². The average Bonchev–Trinajstić information content (AvgIpc) is 3.04. The van der Waals surface area contributed by atoms with Crippen LogP contribution in [0.5, 0.6) is 0 Å². The first-order valence-electron chi connectivity index (χ1n) is 6.70. The SMILES string of the molecule is CCC1CC1NCc1ccn(-c2ccccc2)n1. The summed E-state index contributed by atoms with van der Waals surface area (Å²) in [5.74, 6) is 0.890. The van der Waals surface area contributed by atoms with E-state index in [1.807, 2.05) is 29.1 Å². The molecule has 0 amide bonds. The van der Waals surface area contributed by atoms with Crippen LogP contribution in [0.15, 0.2) is 42.6 Å². The van der Waals surface area contributed by atoms with E-state index in [2.05, 4.69) is 35.5 Å². The van der Waals surface area contributed by atoms with E-state index in [4.69, 9.17) is 0 Å². The zero-order chi connectivity index (χ0) is 12.4. The Morgan fingerprint density at radius 3 is 2.83 bits per heavy atom. The highest BCUT2D eigenvalue weighted by molar-refractivity contribution is 5.30. The Bertz CT molecular complexity index is 503. The molecule has 3 rings (SSSR count). The second-order valence-electron chi connectivity index (χ2n) is 4.98. The molecule has 0 bridgehead atoms. The van der Waals surface area contributed by atoms with Crippen LogP contribution in [0.25, 0.3) is 5.69 Å². The van der Waals surface area contributed by atoms with Gasteiger partial charge in [0.1, 0.15) is 0 Å². The van der Waals surface area contributed by atoms with E-state index in [0.717, 1.165) is 29.9 Å². The van der Waals surface area contributed by atoms with Crippen LogP contribution in [0.3, 0.4) is 0 Å². The number of nitrogens with one attached hydrogen (secondary N) is 1. The molecule has 2 aromatic rings. The van der Waals surface area contributed by atoms with Gasteiger partial charge in [-0.25, -0.2) is 4.68 Å². The van der Waals surface area contributed by atoms with Gasteiger partial charge in [0.05, 0.1) is 11.4 Å². The number of nitrogens with zero attached hydrogens (tertiary/aromatic N) is 2. The molecule has 1 aromatic carbocycles. The Kier molecular flexibility index (Phi) is 3.15. The minimum atomic E-state index is 0.719. The van der Waals surface area contributed by atoms with Crippen molar-refractivity contribution in [1.82, 2.24) is 15.1 Å². The van der Waals surface area contributed by atoms with Gasteiger partial charge >= 0.3 is 0 Å². The fraction of sp³-hybridized carbons (Fsp3) is 0.400. The standard InChI is InChI=1S/C15H19N3/c1-2-12-10-15(12)16-11-13-8-9-18(17-13)14-6-4-3-5-7-14/h3-9,12,15-16H,2,10-11H2,1H3. The van der Waals surface area contributed by atoms with Gasteiger partial charge in [-0.2, -0.15) is 5.10 Å². The fourth-order valence-corrected chi connectivity index (χ4v) is 2.36. The van der Waals surface area contributed by atoms with Crippen LogP contribution in [-0.2, 0) is 6.54 Å². The highest BCUT2D eigenvalue weighted by Crippen LogP contribution is 2.33. The van der Waals surface area contributed by atoms with Crippen molar-refractivity contribution in [2.75, 3.05) is 0 Å². The first-order chi connectivity index (χ1) is 8.86. The summed E-state index contributed by atoms with van der Waals surface area (Å²) in [5, 5.41) is 8.15. The molecular formula is C15H19N3. The average molecular weight is 241 g/mol. The van der Waals surface area contributed by atoms with E-state index < -0.39 is 0 Å². The molecule has 18 heavy (non-hydrogen) atoms. The highest BCUT2D eigenvalue weighted by Gasteiger charge is 2.34. The molecule has 1 aromatic heterocycles. The Morgan fingerprint density at radius 2 is 2.11 bits per heavy atom. The largest absolute Gasteiger partial charge is 0.308 e. The zero-order valence-corrected chi connectivity index (χ0v) is 10.7. The van der Waals surface area contributed by atoms with E-state index >= 15 is 0 Å². The maximum absolute atomic E-state index is 4.59. The number of hydrogen-bond donors (Lipinski definition) is 1. The third-order valence-electron chi connectivity index (χ3n) is 3.66. The molecular weight excluding hydrogens is 222 g/mol. The Balaban J connectivity index is 1.60. The van der Waals surface area contributed by atoms with E-state index in [1.54, 1.807) is 0 Å². The van der Waals surface area contributed by atoms with Gasteiger partial charge in [-0.1, -0.05) is 31.5 Å². The van der Waals surface area contributed by atoms with Crippen molar-refractivity contribution in [2.24, 2.45) is 5.92 Å². The maximum Gasteiger partial charge on any atom is 0.0766 e. The molecule has 1 saturated carbocycles. The summed E-state index contributed by atoms with van der Waals surface area (Å²) in [6.45, 7) is 3.14. The van der Waals surface area contributed by atoms with Crippen molar-refractivity contribution in [3.63, 3.8) is 0 Å². The summed E-state index contributed by atoms with van der Waals surface area (Å²) < 4.78 is 1.93. The first-order valence-corrected chi connectivity index (χ1v) is 6.70. The molecule has 1 aliphatic rings. The van der Waals surface area contributed by atoms with Crippen molar-refractivity contribution in [3.8, 4) is 5.69 Å². The van der Waals surface area contributed by atoms with Crippen LogP contribution in [0.2, 0.25) is 0 Å². The first kappa shape index (κ1) is 11.5. The van der Waals surface area contributed by atoms with Crippen LogP contribution < -0.4 is 5.32 Å². The summed E-state index contributed by atoms with van der Waals surface area (Å²) in [7, 11) is 0. The molecule has 0 radical (unpaired) electrons. The van der Waals surface area contributed by atoms with Crippen molar-refractivity contribution in [3.05, 3.63) is 48.3 Å². The van der Waals surface area contributed by atoms with Gasteiger partial charge in [-0.3, -0.25) is 0 Å². The minimum Gasteiger partial charge on any atom is -0.308 e. The highest BCUT2D eigenvalue weighted by atomic mass is 15.3. The molecule has 94 valence electrons. The van der Waals surface area contributed by atoms with Gasteiger partial charge in [0.25, 0.3) is 0 Å². The van der Waals surface area contributed by atoms with Crippen LogP contribution in [0.4, 0.5) is 0 Å². The Hall–Kier alpha value is -1.61. The molecule has 2 atom stereocenters. The summed E-state index contributed by atoms with van der Waals surface area (Å²) >= 11 is 0. The Labute approximate surface area is 108 Å². The second-order valence-corrected chi connectivity index (χ2v) is 4.98. The van der Waals surface area contributed by atoms with Gasteiger partial charge in [-0.15, -0.1) is 0 Å². The lowest BCUT2D eigenvalue weighted by atomic mass is 10.3. The van der Waals surface area contributed by atoms with Crippen LogP contribution in [0.1, 0.15) is 25.5 Å². The number of para-hydroxylation sites is 1. The molecule has 2 unspecified atom stereocenters. The number of benzene rings is 1. The van der Waals surface area contributed by atoms with Gasteiger partial charge in [-0.05, 0) is 30.5 Å². The minimum absolute atomic E-state index is 0.719. The molecule has 0 saturated heterocycles. The van der Waals surface area contributed by atoms with Crippen molar-refractivity contribution in [1.29, 1.82) is 0 Å². The van der Waals surface area contributed by atoms with E-state index in [9.17, 15) is 0 Å². The van der Waals surface area contributed by atoms with E-state index in [1.165, 1.54) is 12.8 Å². The number of hydrogen-bond acceptors (Lipinski definition) is 2. The van der Waals surface area contributed by atoms with E-state index in [-0.39, 0.29) is 0 Å². The predicted molar refractivity (Wildman–Crippen MR) is 72.6 cm³/mol. The summed E-state index contributed by atoms with van der Waals surface area (Å²) in [6.07, 6.45) is 4.64. The third-order valence-corrected chi connectivity index (χ3v) is 3.66. The molecule has 1 fully saturated rings. The zero-order valence-electron chi connectivity index (χ0n) is 10.7. The topological polar surface area (TPSA) is 29.9 Å². The van der Waals surface area contributed by atoms with Gasteiger partial charge < -0.3 is 5.32 Å². The normalized spacial score (nSPS) is 22.1. The molecule has 1 aliphatic carbocycles. The quantitative estimate of drug-likeness (QED) is 0.872. The maximum atomic E-state index is 4.59. The molecule has 0 aliphatic heterocycles. The monoisotopic (exact) mass is 241 g/mol. The summed E-state index contributed by atoms with van der Waals surface area (Å²) in [5.41, 5.74) is 2.22. The van der Waals surface area contributed by atoms with Crippen LogP contribution >= 0.6 is 0 Å². The molecule has 1 N–H and O–H groups in total. The van der Waals surface area contributed by atoms with Gasteiger partial charge in [0.15, 0.2) is 0 Å². The molecule has 0 spiro atoms. The molecule has 3 heteroatoms. The predicted octanol–water partition coefficient (Wildman–Crippen LogP) is 2.76. The van der Waals surface area contributed by atoms with E-state index in [0.29, 0.717) is 0 Å². The van der Waals surface area contributed by atoms with Crippen LogP contribution in [-0.4, -0.2) is 15.8 Å². The number of aromatic nitrogens is 2. The second kappa shape index (κ2) is 4.94. The van der Waals surface area contributed by atoms with Crippen molar-refractivity contribution >= 4 is 0 Å². The molecule has 1 heterocycles. The number of rotatable bonds is 5. The van der Waals surface area contributed by atoms with Crippen molar-refractivity contribution < 1.29 is 0 Å². The van der Waals surface area contributed by atoms with Crippen molar-refractivity contribution in [2.45, 2.75) is 32.4 Å². The Morgan fingerprint density at radius 1 is 1.28 bits per heavy atom. The third kappa shape index (κ3) is 2.46. The lowest BCUT2D eigenvalue weighted by Gasteiger charge is -2.01. The lowest BCUT2D eigenvalue weighted by molar-refractivity contribution is 0.611. The molecule has 3 nitrogen and oxygen atoms in total. The van der Waals surface area contributed by atoms with Gasteiger partial charge in [0.2, 0.25) is 0 Å². The fourth-order valence-electron chi connectivity index (χ4n) is 2.36. The summed E-state index contributed by atoms with van der Waals surface area (Å²) in [6, 6.07) is 13.0. The smallest absolute Gasteiger partial charge is 0.0766 e. The van der Waals surface area contributed by atoms with Gasteiger partial charge in [0, 0.05) is 18.8 Å². The lowest BCUT2D eigenvalue weighted by Crippen LogP contribution is -2.17.